The van der Waals surface area contributed by atoms with E-state index in [2.05, 4.69) is 151 Å². The number of hydrogen-bond acceptors (Lipinski definition) is 1. The van der Waals surface area contributed by atoms with Gasteiger partial charge in [-0.2, -0.15) is 9.13 Å². The number of aromatic nitrogens is 5. The van der Waals surface area contributed by atoms with E-state index in [0.29, 0.717) is 0 Å². The molecule has 41 heavy (non-hydrogen) atoms. The van der Waals surface area contributed by atoms with Crippen molar-refractivity contribution in [2.45, 2.75) is 5.66 Å². The first-order chi connectivity index (χ1) is 20.3. The smallest absolute Gasteiger partial charge is 0.397 e. The summed E-state index contributed by atoms with van der Waals surface area (Å²) in [4.78, 5) is 0. The predicted octanol–water partition coefficient (Wildman–Crippen LogP) is 6.10. The molecule has 11 rings (SSSR count). The summed E-state index contributed by atoms with van der Waals surface area (Å²) >= 11 is 0. The Balaban J connectivity index is 1.35. The Labute approximate surface area is 233 Å². The molecule has 0 bridgehead atoms. The molecule has 8 heterocycles. The number of rotatable bonds is 1. The standard InChI is InChI=1S/C35H21N5O/c1-2-10-27-25(9-1)26-14-15-30-33-34(26)40(27)31-13-4-6-17-37(31)35(33)32-28(11-7-12-29(32)41-30)38-20-23(21-39(35)38)22-18-24-8-3-5-16-36(24)19-22/h1-21H/q+2. The van der Waals surface area contributed by atoms with E-state index in [-0.39, 0.29) is 0 Å². The first kappa shape index (κ1) is 20.3. The van der Waals surface area contributed by atoms with Gasteiger partial charge in [0.25, 0.3) is 5.82 Å². The molecule has 6 heteroatoms. The van der Waals surface area contributed by atoms with Crippen LogP contribution in [0.4, 0.5) is 0 Å². The van der Waals surface area contributed by atoms with Crippen LogP contribution in [-0.4, -0.2) is 13.6 Å². The third-order valence-corrected chi connectivity index (χ3v) is 9.31. The zero-order chi connectivity index (χ0) is 26.4. The predicted molar refractivity (Wildman–Crippen MR) is 155 cm³/mol. The Kier molecular flexibility index (Phi) is 3.25. The minimum Gasteiger partial charge on any atom is -0.456 e. The Morgan fingerprint density at radius 3 is 2.59 bits per heavy atom. The van der Waals surface area contributed by atoms with Gasteiger partial charge in [-0.3, -0.25) is 0 Å². The van der Waals surface area contributed by atoms with E-state index >= 15 is 0 Å². The van der Waals surface area contributed by atoms with Crippen LogP contribution in [0.5, 0.6) is 11.5 Å². The van der Waals surface area contributed by atoms with Crippen molar-refractivity contribution < 1.29 is 14.0 Å². The highest BCUT2D eigenvalue weighted by Gasteiger charge is 2.68. The van der Waals surface area contributed by atoms with E-state index in [1.54, 1.807) is 0 Å². The van der Waals surface area contributed by atoms with Crippen LogP contribution in [0.1, 0.15) is 11.1 Å². The molecule has 0 saturated carbocycles. The summed E-state index contributed by atoms with van der Waals surface area (Å²) in [5.41, 5.74) is 8.76. The van der Waals surface area contributed by atoms with Crippen LogP contribution in [0, 0.1) is 0 Å². The summed E-state index contributed by atoms with van der Waals surface area (Å²) < 4.78 is 18.5. The average molecular weight is 528 g/mol. The zero-order valence-corrected chi connectivity index (χ0v) is 21.8. The number of benzene rings is 3. The van der Waals surface area contributed by atoms with Crippen molar-refractivity contribution in [3.05, 3.63) is 139 Å². The molecule has 3 aromatic carbocycles. The molecule has 8 aromatic rings. The Bertz CT molecular complexity index is 2440. The quantitative estimate of drug-likeness (QED) is 0.238. The van der Waals surface area contributed by atoms with Gasteiger partial charge in [0, 0.05) is 40.3 Å². The number of nitrogens with zero attached hydrogens (tertiary/aromatic N) is 5. The van der Waals surface area contributed by atoms with E-state index < -0.39 is 5.66 Å². The minimum absolute atomic E-state index is 0.655. The molecule has 0 aliphatic carbocycles. The number of ether oxygens (including phenoxy) is 1. The zero-order valence-electron chi connectivity index (χ0n) is 21.8. The normalized spacial score (nSPS) is 17.1. The monoisotopic (exact) mass is 527 g/mol. The molecule has 0 amide bonds. The lowest BCUT2D eigenvalue weighted by Crippen LogP contribution is -2.76. The molecule has 190 valence electrons. The molecular formula is C35H21N5O+2. The average Bonchev–Trinajstić information content (AvgIpc) is 3.78. The van der Waals surface area contributed by atoms with Crippen LogP contribution in [0.25, 0.3) is 50.0 Å². The van der Waals surface area contributed by atoms with Crippen molar-refractivity contribution in [3.8, 4) is 34.1 Å². The Hall–Kier alpha value is -5.62. The summed E-state index contributed by atoms with van der Waals surface area (Å²) in [5, 5.41) is 2.49. The van der Waals surface area contributed by atoms with Gasteiger partial charge in [-0.15, -0.1) is 4.68 Å². The molecule has 1 spiro atoms. The van der Waals surface area contributed by atoms with Gasteiger partial charge >= 0.3 is 5.66 Å². The van der Waals surface area contributed by atoms with Gasteiger partial charge in [0.15, 0.2) is 11.1 Å². The fourth-order valence-electron chi connectivity index (χ4n) is 7.78. The fraction of sp³-hybridized carbons (Fsp3) is 0.0286. The lowest BCUT2D eigenvalue weighted by molar-refractivity contribution is -0.993. The molecular weight excluding hydrogens is 506 g/mol. The summed E-state index contributed by atoms with van der Waals surface area (Å²) in [6, 6.07) is 34.6. The fourth-order valence-corrected chi connectivity index (χ4v) is 7.78. The third-order valence-electron chi connectivity index (χ3n) is 9.31. The molecule has 5 aromatic heterocycles. The maximum absolute atomic E-state index is 6.74. The lowest BCUT2D eigenvalue weighted by Gasteiger charge is -2.32. The van der Waals surface area contributed by atoms with Crippen molar-refractivity contribution in [1.29, 1.82) is 0 Å². The molecule has 3 aliphatic rings. The van der Waals surface area contributed by atoms with E-state index in [9.17, 15) is 0 Å². The highest BCUT2D eigenvalue weighted by atomic mass is 16.5. The first-order valence-corrected chi connectivity index (χ1v) is 13.9. The van der Waals surface area contributed by atoms with Gasteiger partial charge in [-0.1, -0.05) is 35.0 Å². The van der Waals surface area contributed by atoms with Crippen LogP contribution < -0.4 is 14.0 Å². The molecule has 6 nitrogen and oxygen atoms in total. The van der Waals surface area contributed by atoms with Crippen LogP contribution >= 0.6 is 0 Å². The van der Waals surface area contributed by atoms with Crippen molar-refractivity contribution in [2.24, 2.45) is 0 Å². The molecule has 1 atom stereocenters. The van der Waals surface area contributed by atoms with Crippen molar-refractivity contribution in [2.75, 3.05) is 0 Å². The molecule has 0 N–H and O–H groups in total. The SMILES string of the molecule is c1cc2c3c(c1)-n1cc(-c4cc5ccccn5c4)c[n+]1C31c3c(ccc4c5ccccc5n(c34)-c3cccc[n+]31)O2. The molecule has 0 radical (unpaired) electrons. The largest absolute Gasteiger partial charge is 0.456 e. The van der Waals surface area contributed by atoms with Gasteiger partial charge in [0.2, 0.25) is 6.20 Å². The van der Waals surface area contributed by atoms with Gasteiger partial charge in [-0.25, -0.2) is 0 Å². The van der Waals surface area contributed by atoms with Crippen molar-refractivity contribution in [3.63, 3.8) is 0 Å². The second-order valence-corrected chi connectivity index (χ2v) is 11.2. The van der Waals surface area contributed by atoms with Gasteiger partial charge in [0.05, 0.1) is 18.0 Å². The van der Waals surface area contributed by atoms with E-state index in [1.807, 2.05) is 0 Å². The summed E-state index contributed by atoms with van der Waals surface area (Å²) in [5.74, 6) is 2.92. The highest BCUT2D eigenvalue weighted by Crippen LogP contribution is 2.55. The maximum Gasteiger partial charge on any atom is 0.397 e. The van der Waals surface area contributed by atoms with Gasteiger partial charge in [-0.05, 0) is 60.7 Å². The topological polar surface area (TPSA) is 31.3 Å². The first-order valence-electron chi connectivity index (χ1n) is 13.9. The highest BCUT2D eigenvalue weighted by molar-refractivity contribution is 6.11. The van der Waals surface area contributed by atoms with Gasteiger partial charge in [0.1, 0.15) is 28.3 Å². The molecule has 0 saturated heterocycles. The van der Waals surface area contributed by atoms with E-state index in [4.69, 9.17) is 4.74 Å². The van der Waals surface area contributed by atoms with E-state index in [1.165, 1.54) is 49.6 Å². The van der Waals surface area contributed by atoms with Crippen molar-refractivity contribution in [1.82, 2.24) is 13.6 Å². The molecule has 0 fully saturated rings. The number of para-hydroxylation sites is 1. The van der Waals surface area contributed by atoms with Crippen molar-refractivity contribution >= 4 is 27.3 Å². The van der Waals surface area contributed by atoms with Crippen LogP contribution in [0.15, 0.2) is 128 Å². The second kappa shape index (κ2) is 6.57. The van der Waals surface area contributed by atoms with Crippen LogP contribution in [-0.2, 0) is 5.66 Å². The molecule has 3 aliphatic heterocycles. The number of fused-ring (bicyclic) bond motifs is 8. The summed E-state index contributed by atoms with van der Waals surface area (Å²) in [6.45, 7) is 0. The summed E-state index contributed by atoms with van der Waals surface area (Å²) in [6.07, 6.45) is 11.1. The Morgan fingerprint density at radius 2 is 1.61 bits per heavy atom. The maximum atomic E-state index is 6.74. The summed E-state index contributed by atoms with van der Waals surface area (Å²) in [7, 11) is 0. The van der Waals surface area contributed by atoms with Crippen LogP contribution in [0.2, 0.25) is 0 Å². The van der Waals surface area contributed by atoms with Gasteiger partial charge < -0.3 is 9.14 Å². The van der Waals surface area contributed by atoms with E-state index in [0.717, 1.165) is 23.0 Å². The number of pyridine rings is 2. The number of hydrogen-bond donors (Lipinski definition) is 0. The second-order valence-electron chi connectivity index (χ2n) is 11.2. The van der Waals surface area contributed by atoms with Crippen LogP contribution in [0.3, 0.4) is 0 Å². The molecule has 1 unspecified atom stereocenters. The third kappa shape index (κ3) is 2.12. The lowest BCUT2D eigenvalue weighted by atomic mass is 9.84. The Morgan fingerprint density at radius 1 is 0.707 bits per heavy atom. The minimum atomic E-state index is -0.655.